The lowest BCUT2D eigenvalue weighted by molar-refractivity contribution is 0.0941. The minimum atomic E-state index is -0.0638. The van der Waals surface area contributed by atoms with Crippen LogP contribution in [0.2, 0.25) is 0 Å². The molecule has 0 aliphatic rings. The molecule has 3 N–H and O–H groups in total. The van der Waals surface area contributed by atoms with Crippen LogP contribution >= 0.6 is 24.8 Å². The number of halogens is 2. The zero-order valence-electron chi connectivity index (χ0n) is 13.7. The molecule has 0 saturated heterocycles. The molecule has 1 aromatic rings. The molecular weight excluding hydrogens is 321 g/mol. The van der Waals surface area contributed by atoms with Crippen molar-refractivity contribution in [2.24, 2.45) is 5.73 Å². The van der Waals surface area contributed by atoms with E-state index in [1.165, 1.54) is 18.5 Å². The number of nitrogens with two attached hydrogens (primary N) is 1. The maximum atomic E-state index is 12.0. The Labute approximate surface area is 146 Å². The fraction of sp³-hybridized carbons (Fsp3) is 0.562. The van der Waals surface area contributed by atoms with Crippen molar-refractivity contribution in [3.05, 3.63) is 29.8 Å². The van der Waals surface area contributed by atoms with Crippen molar-refractivity contribution < 1.29 is 4.79 Å². The van der Waals surface area contributed by atoms with Gasteiger partial charge >= 0.3 is 0 Å². The van der Waals surface area contributed by atoms with Gasteiger partial charge in [-0.25, -0.2) is 0 Å². The Morgan fingerprint density at radius 1 is 1.23 bits per heavy atom. The van der Waals surface area contributed by atoms with E-state index in [1.54, 1.807) is 0 Å². The van der Waals surface area contributed by atoms with Crippen molar-refractivity contribution in [3.63, 3.8) is 0 Å². The van der Waals surface area contributed by atoms with E-state index in [-0.39, 0.29) is 36.8 Å². The summed E-state index contributed by atoms with van der Waals surface area (Å²) in [5.74, 6) is -0.0638. The van der Waals surface area contributed by atoms with Gasteiger partial charge in [0.25, 0.3) is 5.91 Å². The molecule has 0 aliphatic heterocycles. The second kappa shape index (κ2) is 12.6. The van der Waals surface area contributed by atoms with Gasteiger partial charge in [-0.3, -0.25) is 4.79 Å². The predicted octanol–water partition coefficient (Wildman–Crippen LogP) is 3.23. The van der Waals surface area contributed by atoms with Gasteiger partial charge in [0.15, 0.2) is 0 Å². The van der Waals surface area contributed by atoms with Gasteiger partial charge in [0.05, 0.1) is 0 Å². The molecule has 0 aromatic heterocycles. The summed E-state index contributed by atoms with van der Waals surface area (Å²) in [6.45, 7) is 8.73. The Bertz CT molecular complexity index is 412. The number of hydrogen-bond acceptors (Lipinski definition) is 3. The number of benzene rings is 1. The van der Waals surface area contributed by atoms with Crippen molar-refractivity contribution in [1.29, 1.82) is 0 Å². The van der Waals surface area contributed by atoms with Crippen molar-refractivity contribution in [2.45, 2.75) is 39.7 Å². The summed E-state index contributed by atoms with van der Waals surface area (Å²) in [5, 5.41) is 2.87. The predicted molar refractivity (Wildman–Crippen MR) is 99.7 cm³/mol. The van der Waals surface area contributed by atoms with Crippen LogP contribution in [0, 0.1) is 0 Å². The number of nitrogens with one attached hydrogen (secondary N) is 1. The van der Waals surface area contributed by atoms with Crippen LogP contribution in [0.5, 0.6) is 0 Å². The van der Waals surface area contributed by atoms with Gasteiger partial charge in [-0.05, 0) is 44.5 Å². The minimum Gasteiger partial charge on any atom is -0.372 e. The van der Waals surface area contributed by atoms with Crippen molar-refractivity contribution in [2.75, 3.05) is 24.5 Å². The lowest BCUT2D eigenvalue weighted by atomic mass is 10.1. The summed E-state index contributed by atoms with van der Waals surface area (Å²) in [7, 11) is 0. The number of rotatable bonds is 8. The van der Waals surface area contributed by atoms with Crippen molar-refractivity contribution in [1.82, 2.24) is 5.32 Å². The first-order valence-corrected chi connectivity index (χ1v) is 7.48. The van der Waals surface area contributed by atoms with Crippen molar-refractivity contribution in [3.8, 4) is 0 Å². The summed E-state index contributed by atoms with van der Waals surface area (Å²) < 4.78 is 0. The topological polar surface area (TPSA) is 58.4 Å². The van der Waals surface area contributed by atoms with Crippen LogP contribution in [-0.2, 0) is 0 Å². The number of carbonyl (C=O) groups is 1. The monoisotopic (exact) mass is 349 g/mol. The highest BCUT2D eigenvalue weighted by Gasteiger charge is 2.09. The highest BCUT2D eigenvalue weighted by Crippen LogP contribution is 2.16. The van der Waals surface area contributed by atoms with Crippen LogP contribution in [0.4, 0.5) is 5.69 Å². The SMILES string of the molecule is CCCCN(CC)c1ccc(C(=O)N[C@@H](C)CN)cc1.Cl.Cl. The van der Waals surface area contributed by atoms with E-state index in [9.17, 15) is 4.79 Å². The molecule has 0 unspecified atom stereocenters. The summed E-state index contributed by atoms with van der Waals surface area (Å²) in [6.07, 6.45) is 2.37. The molecule has 0 bridgehead atoms. The third kappa shape index (κ3) is 7.34. The molecule has 1 amide bonds. The standard InChI is InChI=1S/C16H27N3O.2ClH/c1-4-6-11-19(5-2)15-9-7-14(8-10-15)16(20)18-13(3)12-17;;/h7-10,13H,4-6,11-12,17H2,1-3H3,(H,18,20);2*1H/t13-;;/m0../s1. The highest BCUT2D eigenvalue weighted by atomic mass is 35.5. The van der Waals surface area contributed by atoms with E-state index in [1.807, 2.05) is 31.2 Å². The maximum absolute atomic E-state index is 12.0. The summed E-state index contributed by atoms with van der Waals surface area (Å²) >= 11 is 0. The van der Waals surface area contributed by atoms with Crippen LogP contribution in [0.3, 0.4) is 0 Å². The van der Waals surface area contributed by atoms with Gasteiger partial charge < -0.3 is 16.0 Å². The van der Waals surface area contributed by atoms with Crippen LogP contribution in [0.15, 0.2) is 24.3 Å². The first-order valence-electron chi connectivity index (χ1n) is 7.48. The molecule has 1 rings (SSSR count). The van der Waals surface area contributed by atoms with Crippen LogP contribution in [0.25, 0.3) is 0 Å². The lowest BCUT2D eigenvalue weighted by Gasteiger charge is -2.23. The number of nitrogens with zero attached hydrogens (tertiary/aromatic N) is 1. The molecule has 6 heteroatoms. The van der Waals surface area contributed by atoms with E-state index < -0.39 is 0 Å². The highest BCUT2D eigenvalue weighted by molar-refractivity contribution is 5.94. The van der Waals surface area contributed by atoms with Crippen LogP contribution in [0.1, 0.15) is 44.0 Å². The number of carbonyl (C=O) groups excluding carboxylic acids is 1. The molecule has 0 saturated carbocycles. The molecule has 0 fully saturated rings. The Morgan fingerprint density at radius 3 is 2.27 bits per heavy atom. The Morgan fingerprint density at radius 2 is 1.82 bits per heavy atom. The quantitative estimate of drug-likeness (QED) is 0.757. The third-order valence-corrected chi connectivity index (χ3v) is 3.39. The fourth-order valence-electron chi connectivity index (χ4n) is 2.01. The summed E-state index contributed by atoms with van der Waals surface area (Å²) in [6, 6.07) is 7.78. The first-order chi connectivity index (χ1) is 9.62. The Balaban J connectivity index is 0. The largest absolute Gasteiger partial charge is 0.372 e. The molecule has 128 valence electrons. The molecule has 0 radical (unpaired) electrons. The first kappa shape index (κ1) is 23.3. The Kier molecular flexibility index (Phi) is 13.3. The van der Waals surface area contributed by atoms with E-state index in [0.717, 1.165) is 13.1 Å². The minimum absolute atomic E-state index is 0. The lowest BCUT2D eigenvalue weighted by Crippen LogP contribution is -2.37. The zero-order valence-corrected chi connectivity index (χ0v) is 15.3. The van der Waals surface area contributed by atoms with Crippen LogP contribution < -0.4 is 16.0 Å². The maximum Gasteiger partial charge on any atom is 0.251 e. The van der Waals surface area contributed by atoms with Crippen LogP contribution in [-0.4, -0.2) is 31.6 Å². The second-order valence-electron chi connectivity index (χ2n) is 5.09. The van der Waals surface area contributed by atoms with Gasteiger partial charge in [-0.15, -0.1) is 24.8 Å². The van der Waals surface area contributed by atoms with Gasteiger partial charge in [-0.2, -0.15) is 0 Å². The number of hydrogen-bond donors (Lipinski definition) is 2. The molecule has 0 heterocycles. The molecule has 0 aliphatic carbocycles. The van der Waals surface area contributed by atoms with Gasteiger partial charge in [0.2, 0.25) is 0 Å². The summed E-state index contributed by atoms with van der Waals surface area (Å²) in [4.78, 5) is 14.3. The smallest absolute Gasteiger partial charge is 0.251 e. The summed E-state index contributed by atoms with van der Waals surface area (Å²) in [5.41, 5.74) is 7.36. The fourth-order valence-corrected chi connectivity index (χ4v) is 2.01. The second-order valence-corrected chi connectivity index (χ2v) is 5.09. The van der Waals surface area contributed by atoms with E-state index in [4.69, 9.17) is 5.73 Å². The van der Waals surface area contributed by atoms with E-state index in [0.29, 0.717) is 12.1 Å². The molecule has 22 heavy (non-hydrogen) atoms. The average Bonchev–Trinajstić information content (AvgIpc) is 2.48. The van der Waals surface area contributed by atoms with Gasteiger partial charge in [0, 0.05) is 36.9 Å². The third-order valence-electron chi connectivity index (χ3n) is 3.39. The van der Waals surface area contributed by atoms with Crippen molar-refractivity contribution >= 4 is 36.4 Å². The van der Waals surface area contributed by atoms with E-state index in [2.05, 4.69) is 24.1 Å². The molecular formula is C16H29Cl2N3O. The van der Waals surface area contributed by atoms with Gasteiger partial charge in [-0.1, -0.05) is 13.3 Å². The van der Waals surface area contributed by atoms with E-state index >= 15 is 0 Å². The Hall–Kier alpha value is -0.970. The normalized spacial score (nSPS) is 10.9. The molecule has 1 aromatic carbocycles. The molecule has 0 spiro atoms. The zero-order chi connectivity index (χ0) is 15.0. The molecule has 1 atom stereocenters. The van der Waals surface area contributed by atoms with Gasteiger partial charge in [0.1, 0.15) is 0 Å². The average molecular weight is 350 g/mol. The number of anilines is 1. The molecule has 4 nitrogen and oxygen atoms in total. The number of amides is 1. The number of unbranched alkanes of at least 4 members (excludes halogenated alkanes) is 1.